The molecule has 84 valence electrons. The van der Waals surface area contributed by atoms with E-state index in [0.29, 0.717) is 0 Å². The number of rotatable bonds is 3. The molecule has 1 aliphatic heterocycles. The van der Waals surface area contributed by atoms with Crippen LogP contribution < -0.4 is 5.32 Å². The van der Waals surface area contributed by atoms with Crippen LogP contribution in [0.3, 0.4) is 0 Å². The summed E-state index contributed by atoms with van der Waals surface area (Å²) >= 11 is 0. The van der Waals surface area contributed by atoms with E-state index in [1.807, 2.05) is 11.7 Å². The zero-order valence-electron chi connectivity index (χ0n) is 9.66. The molecule has 2 rings (SSSR count). The molecule has 1 aromatic rings. The Labute approximate surface area is 91.3 Å². The summed E-state index contributed by atoms with van der Waals surface area (Å²) in [5, 5.41) is 7.89. The van der Waals surface area contributed by atoms with Gasteiger partial charge in [-0.2, -0.15) is 5.10 Å². The van der Waals surface area contributed by atoms with Crippen LogP contribution in [0.25, 0.3) is 0 Å². The highest BCUT2D eigenvalue weighted by Gasteiger charge is 2.12. The lowest BCUT2D eigenvalue weighted by atomic mass is 10.2. The van der Waals surface area contributed by atoms with Gasteiger partial charge in [0, 0.05) is 45.5 Å². The van der Waals surface area contributed by atoms with Crippen molar-refractivity contribution in [3.8, 4) is 0 Å². The minimum Gasteiger partial charge on any atom is -0.314 e. The summed E-state index contributed by atoms with van der Waals surface area (Å²) in [5.74, 6) is 0. The number of hydrogen-bond donors (Lipinski definition) is 1. The van der Waals surface area contributed by atoms with Crippen LogP contribution in [0.4, 0.5) is 0 Å². The van der Waals surface area contributed by atoms with Gasteiger partial charge in [-0.05, 0) is 12.5 Å². The van der Waals surface area contributed by atoms with Gasteiger partial charge in [0.2, 0.25) is 0 Å². The second-order valence-electron chi connectivity index (χ2n) is 4.13. The number of aromatic nitrogens is 2. The Balaban J connectivity index is 1.97. The normalized spacial score (nSPS) is 18.3. The molecule has 4 nitrogen and oxygen atoms in total. The average Bonchev–Trinajstić information content (AvgIpc) is 2.60. The molecule has 0 amide bonds. The van der Waals surface area contributed by atoms with Crippen molar-refractivity contribution in [1.29, 1.82) is 0 Å². The van der Waals surface area contributed by atoms with Gasteiger partial charge < -0.3 is 5.32 Å². The van der Waals surface area contributed by atoms with Crippen molar-refractivity contribution in [2.75, 3.05) is 26.2 Å². The number of nitrogens with one attached hydrogen (secondary N) is 1. The van der Waals surface area contributed by atoms with E-state index in [9.17, 15) is 0 Å². The standard InChI is InChI=1S/C11H20N4/c1-3-11-8-10(13-14(11)2)9-15-6-4-12-5-7-15/h8,12H,3-7,9H2,1-2H3. The first-order valence-corrected chi connectivity index (χ1v) is 5.74. The first-order valence-electron chi connectivity index (χ1n) is 5.74. The molecule has 1 aliphatic rings. The minimum absolute atomic E-state index is 0.996. The third-order valence-corrected chi connectivity index (χ3v) is 2.98. The van der Waals surface area contributed by atoms with E-state index in [1.54, 1.807) is 0 Å². The van der Waals surface area contributed by atoms with Gasteiger partial charge in [0.15, 0.2) is 0 Å². The highest BCUT2D eigenvalue weighted by Crippen LogP contribution is 2.07. The van der Waals surface area contributed by atoms with E-state index in [-0.39, 0.29) is 0 Å². The molecule has 0 aliphatic carbocycles. The summed E-state index contributed by atoms with van der Waals surface area (Å²) in [6.45, 7) is 7.65. The van der Waals surface area contributed by atoms with Crippen LogP contribution >= 0.6 is 0 Å². The van der Waals surface area contributed by atoms with Crippen LogP contribution in [0.2, 0.25) is 0 Å². The fraction of sp³-hybridized carbons (Fsp3) is 0.727. The predicted octanol–water partition coefficient (Wildman–Crippen LogP) is 0.388. The molecule has 0 radical (unpaired) electrons. The van der Waals surface area contributed by atoms with E-state index >= 15 is 0 Å². The summed E-state index contributed by atoms with van der Waals surface area (Å²) in [5.41, 5.74) is 2.52. The Morgan fingerprint density at radius 2 is 2.13 bits per heavy atom. The molecule has 0 unspecified atom stereocenters. The quantitative estimate of drug-likeness (QED) is 0.780. The SMILES string of the molecule is CCc1cc(CN2CCNCC2)nn1C. The molecule has 0 saturated carbocycles. The lowest BCUT2D eigenvalue weighted by Gasteiger charge is -2.26. The highest BCUT2D eigenvalue weighted by molar-refractivity contribution is 5.10. The first-order chi connectivity index (χ1) is 7.29. The van der Waals surface area contributed by atoms with Crippen molar-refractivity contribution in [3.05, 3.63) is 17.5 Å². The molecule has 2 heterocycles. The third kappa shape index (κ3) is 2.58. The van der Waals surface area contributed by atoms with Crippen molar-refractivity contribution < 1.29 is 0 Å². The Morgan fingerprint density at radius 3 is 2.73 bits per heavy atom. The Hall–Kier alpha value is -0.870. The van der Waals surface area contributed by atoms with Gasteiger partial charge in [-0.3, -0.25) is 9.58 Å². The van der Waals surface area contributed by atoms with Crippen LogP contribution in [0, 0.1) is 0 Å². The second-order valence-corrected chi connectivity index (χ2v) is 4.13. The topological polar surface area (TPSA) is 33.1 Å². The highest BCUT2D eigenvalue weighted by atomic mass is 15.3. The molecule has 0 atom stereocenters. The number of hydrogen-bond acceptors (Lipinski definition) is 3. The first kappa shape index (κ1) is 10.6. The maximum absolute atomic E-state index is 4.53. The second kappa shape index (κ2) is 4.77. The fourth-order valence-corrected chi connectivity index (χ4v) is 2.08. The molecule has 15 heavy (non-hydrogen) atoms. The van der Waals surface area contributed by atoms with Crippen LogP contribution in [-0.4, -0.2) is 40.9 Å². The van der Waals surface area contributed by atoms with E-state index in [1.165, 1.54) is 11.4 Å². The molecular weight excluding hydrogens is 188 g/mol. The smallest absolute Gasteiger partial charge is 0.0767 e. The number of aryl methyl sites for hydroxylation is 2. The van der Waals surface area contributed by atoms with Crippen molar-refractivity contribution in [2.45, 2.75) is 19.9 Å². The Kier molecular flexibility index (Phi) is 3.38. The van der Waals surface area contributed by atoms with E-state index in [2.05, 4.69) is 28.3 Å². The Morgan fingerprint density at radius 1 is 1.40 bits per heavy atom. The zero-order chi connectivity index (χ0) is 10.7. The van der Waals surface area contributed by atoms with Gasteiger partial charge in [0.1, 0.15) is 0 Å². The predicted molar refractivity (Wildman–Crippen MR) is 60.7 cm³/mol. The summed E-state index contributed by atoms with van der Waals surface area (Å²) in [6.07, 6.45) is 1.06. The molecular formula is C11H20N4. The molecule has 4 heteroatoms. The minimum atomic E-state index is 0.996. The molecule has 0 spiro atoms. The largest absolute Gasteiger partial charge is 0.314 e. The van der Waals surface area contributed by atoms with Gasteiger partial charge in [-0.25, -0.2) is 0 Å². The van der Waals surface area contributed by atoms with Crippen molar-refractivity contribution in [2.24, 2.45) is 7.05 Å². The maximum atomic E-state index is 4.53. The number of nitrogens with zero attached hydrogens (tertiary/aromatic N) is 3. The lowest BCUT2D eigenvalue weighted by Crippen LogP contribution is -2.42. The van der Waals surface area contributed by atoms with Crippen LogP contribution in [0.15, 0.2) is 6.07 Å². The molecule has 1 fully saturated rings. The maximum Gasteiger partial charge on any atom is 0.0767 e. The average molecular weight is 208 g/mol. The molecule has 1 N–H and O–H groups in total. The van der Waals surface area contributed by atoms with E-state index in [4.69, 9.17) is 0 Å². The van der Waals surface area contributed by atoms with Crippen molar-refractivity contribution in [1.82, 2.24) is 20.0 Å². The van der Waals surface area contributed by atoms with Gasteiger partial charge in [-0.1, -0.05) is 6.92 Å². The summed E-state index contributed by atoms with van der Waals surface area (Å²) in [6, 6.07) is 2.22. The zero-order valence-corrected chi connectivity index (χ0v) is 9.66. The van der Waals surface area contributed by atoms with Crippen molar-refractivity contribution in [3.63, 3.8) is 0 Å². The van der Waals surface area contributed by atoms with E-state index < -0.39 is 0 Å². The van der Waals surface area contributed by atoms with E-state index in [0.717, 1.165) is 39.1 Å². The van der Waals surface area contributed by atoms with Gasteiger partial charge in [0.25, 0.3) is 0 Å². The number of piperazine rings is 1. The fourth-order valence-electron chi connectivity index (χ4n) is 2.08. The van der Waals surface area contributed by atoms with Gasteiger partial charge in [0.05, 0.1) is 5.69 Å². The molecule has 0 bridgehead atoms. The van der Waals surface area contributed by atoms with Crippen LogP contribution in [0.1, 0.15) is 18.3 Å². The lowest BCUT2D eigenvalue weighted by molar-refractivity contribution is 0.230. The third-order valence-electron chi connectivity index (χ3n) is 2.98. The molecule has 1 aromatic heterocycles. The molecule has 0 aromatic carbocycles. The summed E-state index contributed by atoms with van der Waals surface area (Å²) in [7, 11) is 2.03. The van der Waals surface area contributed by atoms with Crippen LogP contribution in [0.5, 0.6) is 0 Å². The Bertz CT molecular complexity index is 312. The summed E-state index contributed by atoms with van der Waals surface area (Å²) in [4.78, 5) is 2.46. The monoisotopic (exact) mass is 208 g/mol. The van der Waals surface area contributed by atoms with Gasteiger partial charge in [-0.15, -0.1) is 0 Å². The summed E-state index contributed by atoms with van der Waals surface area (Å²) < 4.78 is 2.00. The van der Waals surface area contributed by atoms with Gasteiger partial charge >= 0.3 is 0 Å². The van der Waals surface area contributed by atoms with Crippen LogP contribution in [-0.2, 0) is 20.0 Å². The molecule has 1 saturated heterocycles. The van der Waals surface area contributed by atoms with Crippen molar-refractivity contribution >= 4 is 0 Å².